The molecule has 7 heteroatoms. The molecule has 0 radical (unpaired) electrons. The van der Waals surface area contributed by atoms with Crippen molar-refractivity contribution in [3.63, 3.8) is 0 Å². The summed E-state index contributed by atoms with van der Waals surface area (Å²) in [6, 6.07) is 4.19. The van der Waals surface area contributed by atoms with Gasteiger partial charge in [0.2, 0.25) is 10.0 Å². The molecule has 0 heterocycles. The molecule has 0 spiro atoms. The van der Waals surface area contributed by atoms with E-state index >= 15 is 0 Å². The molecule has 1 rings (SSSR count). The molecule has 1 unspecified atom stereocenters. The summed E-state index contributed by atoms with van der Waals surface area (Å²) < 4.78 is 27.3. The molecular weight excluding hydrogens is 307 g/mol. The molecule has 1 aromatic carbocycles. The molecule has 1 aromatic rings. The Morgan fingerprint density at radius 2 is 1.74 bits per heavy atom. The van der Waals surface area contributed by atoms with Gasteiger partial charge >= 0.3 is 0 Å². The summed E-state index contributed by atoms with van der Waals surface area (Å²) in [4.78, 5) is 0.0327. The minimum atomic E-state index is -3.72. The van der Waals surface area contributed by atoms with E-state index in [-0.39, 0.29) is 27.4 Å². The maximum absolute atomic E-state index is 12.3. The van der Waals surface area contributed by atoms with Gasteiger partial charge in [0.15, 0.2) is 0 Å². The van der Waals surface area contributed by atoms with Crippen LogP contribution in [-0.4, -0.2) is 20.5 Å². The summed E-state index contributed by atoms with van der Waals surface area (Å²) in [6.07, 6.45) is 0. The van der Waals surface area contributed by atoms with Crippen LogP contribution in [0.3, 0.4) is 0 Å². The Kier molecular flexibility index (Phi) is 5.26. The fourth-order valence-electron chi connectivity index (χ4n) is 1.44. The van der Waals surface area contributed by atoms with E-state index in [1.54, 1.807) is 6.92 Å². The summed E-state index contributed by atoms with van der Waals surface area (Å²) >= 11 is 11.6. The minimum absolute atomic E-state index is 0.0327. The van der Waals surface area contributed by atoms with Gasteiger partial charge in [-0.2, -0.15) is 0 Å². The van der Waals surface area contributed by atoms with Crippen molar-refractivity contribution in [2.24, 2.45) is 11.7 Å². The molecule has 4 nitrogen and oxygen atoms in total. The highest BCUT2D eigenvalue weighted by Gasteiger charge is 2.32. The number of nitrogens with two attached hydrogens (primary N) is 1. The van der Waals surface area contributed by atoms with Gasteiger partial charge < -0.3 is 5.73 Å². The second-order valence-electron chi connectivity index (χ2n) is 4.99. The number of rotatable bonds is 5. The largest absolute Gasteiger partial charge is 0.329 e. The van der Waals surface area contributed by atoms with Gasteiger partial charge in [-0.1, -0.05) is 37.0 Å². The minimum Gasteiger partial charge on any atom is -0.329 e. The van der Waals surface area contributed by atoms with Crippen molar-refractivity contribution in [2.75, 3.05) is 6.54 Å². The van der Waals surface area contributed by atoms with Crippen molar-refractivity contribution in [3.8, 4) is 0 Å². The van der Waals surface area contributed by atoms with Crippen LogP contribution < -0.4 is 10.5 Å². The third kappa shape index (κ3) is 4.07. The molecule has 0 aliphatic carbocycles. The van der Waals surface area contributed by atoms with Crippen molar-refractivity contribution >= 4 is 33.2 Å². The first-order chi connectivity index (χ1) is 8.60. The van der Waals surface area contributed by atoms with Crippen LogP contribution in [-0.2, 0) is 10.0 Å². The van der Waals surface area contributed by atoms with Crippen molar-refractivity contribution in [3.05, 3.63) is 28.2 Å². The van der Waals surface area contributed by atoms with Crippen LogP contribution in [0.15, 0.2) is 23.1 Å². The van der Waals surface area contributed by atoms with E-state index in [0.29, 0.717) is 0 Å². The van der Waals surface area contributed by atoms with Crippen LogP contribution in [0.25, 0.3) is 0 Å². The number of sulfonamides is 1. The summed E-state index contributed by atoms with van der Waals surface area (Å²) in [6.45, 7) is 5.76. The molecular formula is C12H18Cl2N2O2S. The lowest BCUT2D eigenvalue weighted by atomic mass is 9.90. The van der Waals surface area contributed by atoms with Gasteiger partial charge in [-0.15, -0.1) is 0 Å². The first-order valence-corrected chi connectivity index (χ1v) is 8.05. The lowest BCUT2D eigenvalue weighted by molar-refractivity contribution is 0.315. The Labute approximate surface area is 124 Å². The zero-order valence-electron chi connectivity index (χ0n) is 11.1. The summed E-state index contributed by atoms with van der Waals surface area (Å²) in [7, 11) is -3.72. The molecule has 1 atom stereocenters. The summed E-state index contributed by atoms with van der Waals surface area (Å²) in [5.41, 5.74) is 4.95. The highest BCUT2D eigenvalue weighted by molar-refractivity contribution is 7.89. The molecule has 19 heavy (non-hydrogen) atoms. The lowest BCUT2D eigenvalue weighted by Gasteiger charge is -2.33. The molecule has 0 aliphatic rings. The predicted molar refractivity (Wildman–Crippen MR) is 79.1 cm³/mol. The smallest absolute Gasteiger partial charge is 0.241 e. The number of hydrogen-bond donors (Lipinski definition) is 2. The van der Waals surface area contributed by atoms with E-state index in [1.165, 1.54) is 18.2 Å². The molecule has 0 aromatic heterocycles. The maximum atomic E-state index is 12.3. The van der Waals surface area contributed by atoms with Crippen molar-refractivity contribution in [1.82, 2.24) is 4.72 Å². The highest BCUT2D eigenvalue weighted by atomic mass is 35.5. The van der Waals surface area contributed by atoms with E-state index < -0.39 is 15.6 Å². The van der Waals surface area contributed by atoms with Crippen LogP contribution in [0.4, 0.5) is 0 Å². The monoisotopic (exact) mass is 324 g/mol. The first kappa shape index (κ1) is 16.7. The Morgan fingerprint density at radius 1 is 1.26 bits per heavy atom. The standard InChI is InChI=1S/C12H18Cl2N2O2S/c1-8(2)12(3,7-15)16-19(17,18)11-5-9(13)4-10(14)6-11/h4-6,8,16H,7,15H2,1-3H3. The normalized spacial score (nSPS) is 15.5. The average Bonchev–Trinajstić information content (AvgIpc) is 2.26. The van der Waals surface area contributed by atoms with Gasteiger partial charge in [0.1, 0.15) is 0 Å². The van der Waals surface area contributed by atoms with Crippen LogP contribution in [0, 0.1) is 5.92 Å². The molecule has 3 N–H and O–H groups in total. The Hall–Kier alpha value is -0.330. The van der Waals surface area contributed by atoms with Gasteiger partial charge in [-0.25, -0.2) is 13.1 Å². The molecule has 0 aliphatic heterocycles. The molecule has 0 saturated carbocycles. The Morgan fingerprint density at radius 3 is 2.11 bits per heavy atom. The van der Waals surface area contributed by atoms with E-state index in [9.17, 15) is 8.42 Å². The fourth-order valence-corrected chi connectivity index (χ4v) is 3.72. The topological polar surface area (TPSA) is 72.2 Å². The highest BCUT2D eigenvalue weighted by Crippen LogP contribution is 2.24. The van der Waals surface area contributed by atoms with E-state index in [0.717, 1.165) is 0 Å². The van der Waals surface area contributed by atoms with Crippen molar-refractivity contribution < 1.29 is 8.42 Å². The summed E-state index contributed by atoms with van der Waals surface area (Å²) in [5.74, 6) is 0.0435. The van der Waals surface area contributed by atoms with Gasteiger partial charge in [-0.3, -0.25) is 0 Å². The Bertz CT molecular complexity index is 541. The third-order valence-corrected chi connectivity index (χ3v) is 5.24. The second kappa shape index (κ2) is 5.97. The number of benzene rings is 1. The van der Waals surface area contributed by atoms with Crippen LogP contribution in [0.2, 0.25) is 10.0 Å². The van der Waals surface area contributed by atoms with E-state index in [1.807, 2.05) is 13.8 Å². The van der Waals surface area contributed by atoms with Crippen molar-refractivity contribution in [1.29, 1.82) is 0 Å². The lowest BCUT2D eigenvalue weighted by Crippen LogP contribution is -2.54. The first-order valence-electron chi connectivity index (χ1n) is 5.81. The van der Waals surface area contributed by atoms with Gasteiger partial charge in [0.25, 0.3) is 0 Å². The molecule has 108 valence electrons. The van der Waals surface area contributed by atoms with Gasteiger partial charge in [0.05, 0.1) is 4.90 Å². The molecule has 0 saturated heterocycles. The van der Waals surface area contributed by atoms with Gasteiger partial charge in [-0.05, 0) is 31.0 Å². The maximum Gasteiger partial charge on any atom is 0.241 e. The molecule has 0 bridgehead atoms. The number of halogens is 2. The van der Waals surface area contributed by atoms with Gasteiger partial charge in [0, 0.05) is 22.1 Å². The fraction of sp³-hybridized carbons (Fsp3) is 0.500. The van der Waals surface area contributed by atoms with Crippen LogP contribution >= 0.6 is 23.2 Å². The number of hydrogen-bond acceptors (Lipinski definition) is 3. The average molecular weight is 325 g/mol. The van der Waals surface area contributed by atoms with E-state index in [4.69, 9.17) is 28.9 Å². The quantitative estimate of drug-likeness (QED) is 0.874. The zero-order chi connectivity index (χ0) is 14.8. The molecule has 0 amide bonds. The zero-order valence-corrected chi connectivity index (χ0v) is 13.4. The van der Waals surface area contributed by atoms with Crippen molar-refractivity contribution in [2.45, 2.75) is 31.2 Å². The van der Waals surface area contributed by atoms with Crippen LogP contribution in [0.1, 0.15) is 20.8 Å². The van der Waals surface area contributed by atoms with Crippen LogP contribution in [0.5, 0.6) is 0 Å². The summed E-state index contributed by atoms with van der Waals surface area (Å²) in [5, 5.41) is 0.541. The molecule has 0 fully saturated rings. The number of nitrogens with one attached hydrogen (secondary N) is 1. The predicted octanol–water partition coefficient (Wildman–Crippen LogP) is 2.65. The SMILES string of the molecule is CC(C)C(C)(CN)NS(=O)(=O)c1cc(Cl)cc(Cl)c1. The Balaban J connectivity index is 3.18. The second-order valence-corrected chi connectivity index (χ2v) is 7.54. The third-order valence-electron chi connectivity index (χ3n) is 3.21. The van der Waals surface area contributed by atoms with E-state index in [2.05, 4.69) is 4.72 Å².